The molecule has 0 radical (unpaired) electrons. The molecule has 1 aromatic rings. The summed E-state index contributed by atoms with van der Waals surface area (Å²) < 4.78 is 38.2. The topological polar surface area (TPSA) is 57.6 Å². The van der Waals surface area contributed by atoms with Crippen LogP contribution in [-0.2, 0) is 15.8 Å². The van der Waals surface area contributed by atoms with E-state index in [1.807, 2.05) is 0 Å². The highest BCUT2D eigenvalue weighted by Gasteiger charge is 2.30. The molecule has 24 heavy (non-hydrogen) atoms. The standard InChI is InChI=1S/C17H18F3NO3/c1-11(13-3-2-4-14(10-13)17(18,19)20)9-15(22)21-7-5-12(6-8-21)16(23)24/h2-4,9-10,12H,5-8H2,1H3,(H,23,24). The first kappa shape index (κ1) is 18.0. The average molecular weight is 341 g/mol. The van der Waals surface area contributed by atoms with Crippen LogP contribution in [0.5, 0.6) is 0 Å². The fourth-order valence-corrected chi connectivity index (χ4v) is 2.65. The number of carbonyl (C=O) groups excluding carboxylic acids is 1. The zero-order valence-electron chi connectivity index (χ0n) is 13.1. The average Bonchev–Trinajstić information content (AvgIpc) is 2.54. The zero-order valence-corrected chi connectivity index (χ0v) is 13.1. The normalized spacial score (nSPS) is 17.0. The van der Waals surface area contributed by atoms with E-state index in [9.17, 15) is 22.8 Å². The third kappa shape index (κ3) is 4.37. The van der Waals surface area contributed by atoms with E-state index < -0.39 is 23.6 Å². The Morgan fingerprint density at radius 1 is 1.25 bits per heavy atom. The first-order chi connectivity index (χ1) is 11.2. The molecule has 0 unspecified atom stereocenters. The minimum atomic E-state index is -4.43. The number of carboxylic acids is 1. The smallest absolute Gasteiger partial charge is 0.416 e. The van der Waals surface area contributed by atoms with Gasteiger partial charge in [0, 0.05) is 19.2 Å². The highest BCUT2D eigenvalue weighted by Crippen LogP contribution is 2.31. The molecule has 2 rings (SSSR count). The molecule has 0 spiro atoms. The molecule has 1 saturated heterocycles. The highest BCUT2D eigenvalue weighted by atomic mass is 19.4. The van der Waals surface area contributed by atoms with E-state index in [0.29, 0.717) is 37.1 Å². The summed E-state index contributed by atoms with van der Waals surface area (Å²) in [6, 6.07) is 4.81. The van der Waals surface area contributed by atoms with Crippen molar-refractivity contribution in [1.82, 2.24) is 4.90 Å². The number of hydrogen-bond acceptors (Lipinski definition) is 2. The van der Waals surface area contributed by atoms with Gasteiger partial charge in [0.1, 0.15) is 0 Å². The second-order valence-corrected chi connectivity index (χ2v) is 5.84. The summed E-state index contributed by atoms with van der Waals surface area (Å²) in [6.45, 7) is 2.25. The monoisotopic (exact) mass is 341 g/mol. The largest absolute Gasteiger partial charge is 0.481 e. The maximum Gasteiger partial charge on any atom is 0.416 e. The van der Waals surface area contributed by atoms with Crippen molar-refractivity contribution < 1.29 is 27.9 Å². The van der Waals surface area contributed by atoms with E-state index in [-0.39, 0.29) is 5.91 Å². The summed E-state index contributed by atoms with van der Waals surface area (Å²) in [7, 11) is 0. The number of alkyl halides is 3. The lowest BCUT2D eigenvalue weighted by Crippen LogP contribution is -2.39. The van der Waals surface area contributed by atoms with Crippen molar-refractivity contribution in [2.75, 3.05) is 13.1 Å². The first-order valence-electron chi connectivity index (χ1n) is 7.56. The SMILES string of the molecule is CC(=CC(=O)N1CCC(C(=O)O)CC1)c1cccc(C(F)(F)F)c1. The molecule has 0 aromatic heterocycles. The van der Waals surface area contributed by atoms with Gasteiger partial charge < -0.3 is 10.0 Å². The van der Waals surface area contributed by atoms with Crippen LogP contribution in [0.1, 0.15) is 30.9 Å². The summed E-state index contributed by atoms with van der Waals surface area (Å²) >= 11 is 0. The number of benzene rings is 1. The predicted molar refractivity (Wildman–Crippen MR) is 82.0 cm³/mol. The number of likely N-dealkylation sites (tertiary alicyclic amines) is 1. The molecule has 1 aliphatic rings. The highest BCUT2D eigenvalue weighted by molar-refractivity contribution is 5.95. The molecule has 130 valence electrons. The Kier molecular flexibility index (Phi) is 5.31. The minimum Gasteiger partial charge on any atom is -0.481 e. The van der Waals surface area contributed by atoms with Gasteiger partial charge in [-0.3, -0.25) is 9.59 Å². The van der Waals surface area contributed by atoms with Crippen molar-refractivity contribution in [1.29, 1.82) is 0 Å². The number of piperidine rings is 1. The second-order valence-electron chi connectivity index (χ2n) is 5.84. The lowest BCUT2D eigenvalue weighted by Gasteiger charge is -2.29. The van der Waals surface area contributed by atoms with Gasteiger partial charge in [-0.1, -0.05) is 12.1 Å². The third-order valence-electron chi connectivity index (χ3n) is 4.14. The van der Waals surface area contributed by atoms with E-state index in [0.717, 1.165) is 12.1 Å². The molecule has 1 fully saturated rings. The van der Waals surface area contributed by atoms with Crippen LogP contribution in [0.3, 0.4) is 0 Å². The Labute approximate surface area is 137 Å². The molecule has 7 heteroatoms. The van der Waals surface area contributed by atoms with Crippen molar-refractivity contribution in [3.05, 3.63) is 41.5 Å². The molecule has 1 heterocycles. The summed E-state index contributed by atoms with van der Waals surface area (Å²) in [5.41, 5.74) is 0.00697. The van der Waals surface area contributed by atoms with Gasteiger partial charge in [-0.05, 0) is 43.0 Å². The number of nitrogens with zero attached hydrogens (tertiary/aromatic N) is 1. The zero-order chi connectivity index (χ0) is 17.9. The Bertz CT molecular complexity index is 659. The van der Waals surface area contributed by atoms with E-state index in [4.69, 9.17) is 5.11 Å². The molecule has 0 bridgehead atoms. The van der Waals surface area contributed by atoms with Crippen LogP contribution in [0.4, 0.5) is 13.2 Å². The van der Waals surface area contributed by atoms with E-state index >= 15 is 0 Å². The van der Waals surface area contributed by atoms with Crippen molar-refractivity contribution in [3.8, 4) is 0 Å². The minimum absolute atomic E-state index is 0.311. The van der Waals surface area contributed by atoms with Crippen LogP contribution in [0, 0.1) is 5.92 Å². The molecule has 4 nitrogen and oxygen atoms in total. The molecule has 1 aromatic carbocycles. The number of hydrogen-bond donors (Lipinski definition) is 1. The van der Waals surface area contributed by atoms with Crippen molar-refractivity contribution in [2.45, 2.75) is 25.9 Å². The van der Waals surface area contributed by atoms with E-state index in [1.165, 1.54) is 23.1 Å². The first-order valence-corrected chi connectivity index (χ1v) is 7.56. The molecule has 0 saturated carbocycles. The molecule has 0 atom stereocenters. The van der Waals surface area contributed by atoms with Crippen LogP contribution in [0.15, 0.2) is 30.3 Å². The summed E-state index contributed by atoms with van der Waals surface area (Å²) in [6.07, 6.45) is -2.36. The van der Waals surface area contributed by atoms with Crippen LogP contribution < -0.4 is 0 Å². The maximum absolute atomic E-state index is 12.7. The molecule has 1 aliphatic heterocycles. The molecule has 0 aliphatic carbocycles. The van der Waals surface area contributed by atoms with E-state index in [2.05, 4.69) is 0 Å². The second kappa shape index (κ2) is 7.07. The number of allylic oxidation sites excluding steroid dienone is 1. The Morgan fingerprint density at radius 2 is 1.88 bits per heavy atom. The van der Waals surface area contributed by atoms with Crippen molar-refractivity contribution in [3.63, 3.8) is 0 Å². The van der Waals surface area contributed by atoms with E-state index in [1.54, 1.807) is 6.92 Å². The Hall–Kier alpha value is -2.31. The Morgan fingerprint density at radius 3 is 2.42 bits per heavy atom. The van der Waals surface area contributed by atoms with Crippen LogP contribution in [0.2, 0.25) is 0 Å². The van der Waals surface area contributed by atoms with Gasteiger partial charge >= 0.3 is 12.1 Å². The maximum atomic E-state index is 12.7. The van der Waals surface area contributed by atoms with Gasteiger partial charge in [0.2, 0.25) is 5.91 Å². The lowest BCUT2D eigenvalue weighted by molar-refractivity contribution is -0.145. The van der Waals surface area contributed by atoms with Gasteiger partial charge in [0.05, 0.1) is 11.5 Å². The van der Waals surface area contributed by atoms with Gasteiger partial charge in [-0.25, -0.2) is 0 Å². The van der Waals surface area contributed by atoms with Gasteiger partial charge in [0.15, 0.2) is 0 Å². The molecule has 1 amide bonds. The van der Waals surface area contributed by atoms with Gasteiger partial charge in [-0.2, -0.15) is 13.2 Å². The van der Waals surface area contributed by atoms with Gasteiger partial charge in [-0.15, -0.1) is 0 Å². The van der Waals surface area contributed by atoms with Crippen molar-refractivity contribution in [2.24, 2.45) is 5.92 Å². The number of halogens is 3. The Balaban J connectivity index is 2.08. The van der Waals surface area contributed by atoms with Crippen LogP contribution >= 0.6 is 0 Å². The number of rotatable bonds is 3. The number of carbonyl (C=O) groups is 2. The van der Waals surface area contributed by atoms with Gasteiger partial charge in [0.25, 0.3) is 0 Å². The summed E-state index contributed by atoms with van der Waals surface area (Å²) in [4.78, 5) is 24.6. The molecular weight excluding hydrogens is 323 g/mol. The summed E-state index contributed by atoms with van der Waals surface area (Å²) in [5.74, 6) is -1.62. The summed E-state index contributed by atoms with van der Waals surface area (Å²) in [5, 5.41) is 8.94. The fraction of sp³-hybridized carbons (Fsp3) is 0.412. The van der Waals surface area contributed by atoms with Crippen molar-refractivity contribution >= 4 is 17.4 Å². The van der Waals surface area contributed by atoms with Crippen LogP contribution in [-0.4, -0.2) is 35.0 Å². The number of carboxylic acid groups (broad SMARTS) is 1. The quantitative estimate of drug-likeness (QED) is 0.857. The number of amides is 1. The predicted octanol–water partition coefficient (Wildman–Crippen LogP) is 3.43. The third-order valence-corrected chi connectivity index (χ3v) is 4.14. The number of aliphatic carboxylic acids is 1. The fourth-order valence-electron chi connectivity index (χ4n) is 2.65. The van der Waals surface area contributed by atoms with Crippen LogP contribution in [0.25, 0.3) is 5.57 Å². The molecular formula is C17H18F3NO3. The molecule has 1 N–H and O–H groups in total. The lowest BCUT2D eigenvalue weighted by atomic mass is 9.97.